The molecule has 128 valence electrons. The zero-order chi connectivity index (χ0) is 17.6. The predicted octanol–water partition coefficient (Wildman–Crippen LogP) is 1.87. The summed E-state index contributed by atoms with van der Waals surface area (Å²) in [4.78, 5) is 34.0. The highest BCUT2D eigenvalue weighted by molar-refractivity contribution is 6.02. The van der Waals surface area contributed by atoms with Gasteiger partial charge in [0, 0.05) is 18.9 Å². The molecule has 0 aliphatic rings. The molecule has 0 radical (unpaired) electrons. The van der Waals surface area contributed by atoms with Gasteiger partial charge in [-0.3, -0.25) is 4.79 Å². The molecule has 1 amide bonds. The van der Waals surface area contributed by atoms with Crippen molar-refractivity contribution in [1.29, 1.82) is 0 Å². The van der Waals surface area contributed by atoms with E-state index in [9.17, 15) is 9.59 Å². The van der Waals surface area contributed by atoms with E-state index in [1.807, 2.05) is 41.1 Å². The van der Waals surface area contributed by atoms with E-state index in [4.69, 9.17) is 5.11 Å². The molecule has 1 aromatic carbocycles. The second-order valence-electron chi connectivity index (χ2n) is 5.46. The first-order valence-corrected chi connectivity index (χ1v) is 7.73. The highest BCUT2D eigenvalue weighted by Crippen LogP contribution is 2.18. The van der Waals surface area contributed by atoms with Crippen molar-refractivity contribution in [3.63, 3.8) is 0 Å². The largest absolute Gasteiger partial charge is 0.477 e. The topological polar surface area (TPSA) is 113 Å². The summed E-state index contributed by atoms with van der Waals surface area (Å²) >= 11 is 0. The van der Waals surface area contributed by atoms with E-state index in [1.54, 1.807) is 12.5 Å². The van der Waals surface area contributed by atoms with Crippen LogP contribution >= 0.6 is 0 Å². The summed E-state index contributed by atoms with van der Waals surface area (Å²) in [7, 11) is 0. The molecular weight excluding hydrogens is 322 g/mol. The lowest BCUT2D eigenvalue weighted by Crippen LogP contribution is -2.30. The van der Waals surface area contributed by atoms with Gasteiger partial charge in [-0.2, -0.15) is 0 Å². The van der Waals surface area contributed by atoms with Crippen LogP contribution in [0.5, 0.6) is 0 Å². The van der Waals surface area contributed by atoms with Crippen molar-refractivity contribution < 1.29 is 14.7 Å². The minimum atomic E-state index is -1.22. The van der Waals surface area contributed by atoms with Gasteiger partial charge in [-0.1, -0.05) is 30.3 Å². The van der Waals surface area contributed by atoms with Gasteiger partial charge in [-0.25, -0.2) is 14.8 Å². The van der Waals surface area contributed by atoms with Gasteiger partial charge in [0.05, 0.1) is 18.7 Å². The van der Waals surface area contributed by atoms with Crippen molar-refractivity contribution in [3.8, 4) is 0 Å². The Morgan fingerprint density at radius 3 is 2.76 bits per heavy atom. The number of aromatic nitrogens is 4. The van der Waals surface area contributed by atoms with Crippen molar-refractivity contribution >= 4 is 11.9 Å². The third-order valence-corrected chi connectivity index (χ3v) is 3.81. The van der Waals surface area contributed by atoms with E-state index in [0.717, 1.165) is 5.56 Å². The van der Waals surface area contributed by atoms with Gasteiger partial charge in [0.1, 0.15) is 0 Å². The molecule has 0 bridgehead atoms. The molecule has 0 saturated carbocycles. The number of benzene rings is 1. The molecule has 0 unspecified atom stereocenters. The number of nitrogens with zero attached hydrogens (tertiary/aromatic N) is 3. The summed E-state index contributed by atoms with van der Waals surface area (Å²) in [6.45, 7) is 0.659. The summed E-state index contributed by atoms with van der Waals surface area (Å²) in [6.07, 6.45) is 7.07. The summed E-state index contributed by atoms with van der Waals surface area (Å²) in [5.74, 6) is -1.75. The molecule has 8 heteroatoms. The molecular formula is C17H17N5O3. The third kappa shape index (κ3) is 3.92. The summed E-state index contributed by atoms with van der Waals surface area (Å²) in [5.41, 5.74) is 0.582. The number of H-pyrrole nitrogens is 1. The van der Waals surface area contributed by atoms with Crippen molar-refractivity contribution in [2.24, 2.45) is 0 Å². The normalized spacial score (nSPS) is 11.8. The van der Waals surface area contributed by atoms with Crippen LogP contribution in [0.2, 0.25) is 0 Å². The van der Waals surface area contributed by atoms with E-state index in [1.165, 1.54) is 6.33 Å². The Hall–Kier alpha value is -3.42. The predicted molar refractivity (Wildman–Crippen MR) is 89.0 cm³/mol. The van der Waals surface area contributed by atoms with E-state index in [0.29, 0.717) is 13.0 Å². The molecule has 0 fully saturated rings. The van der Waals surface area contributed by atoms with Crippen molar-refractivity contribution in [2.75, 3.05) is 0 Å². The first-order chi connectivity index (χ1) is 12.1. The molecule has 0 saturated heterocycles. The van der Waals surface area contributed by atoms with Crippen LogP contribution in [0.3, 0.4) is 0 Å². The zero-order valence-corrected chi connectivity index (χ0v) is 13.3. The minimum absolute atomic E-state index is 0.129. The number of carbonyl (C=O) groups excluding carboxylic acids is 1. The lowest BCUT2D eigenvalue weighted by atomic mass is 10.0. The van der Waals surface area contributed by atoms with E-state index in [2.05, 4.69) is 20.3 Å². The quantitative estimate of drug-likeness (QED) is 0.608. The van der Waals surface area contributed by atoms with Gasteiger partial charge in [0.25, 0.3) is 5.91 Å². The molecule has 0 aliphatic heterocycles. The number of nitrogens with one attached hydrogen (secondary N) is 2. The number of carboxylic acids is 1. The van der Waals surface area contributed by atoms with Gasteiger partial charge >= 0.3 is 5.97 Å². The second-order valence-corrected chi connectivity index (χ2v) is 5.46. The number of aryl methyl sites for hydroxylation is 1. The first kappa shape index (κ1) is 16.4. The average Bonchev–Trinajstić information content (AvgIpc) is 3.30. The molecule has 2 aromatic heterocycles. The lowest BCUT2D eigenvalue weighted by molar-refractivity contribution is 0.0684. The zero-order valence-electron chi connectivity index (χ0n) is 13.3. The number of carbonyl (C=O) groups is 2. The number of hydrogen-bond donors (Lipinski definition) is 3. The number of carboxylic acid groups (broad SMARTS) is 1. The SMILES string of the molecule is O=C(N[C@@H](CCn1ccnc1)c1ccccc1)c1nc[nH]c1C(=O)O. The molecule has 2 heterocycles. The second kappa shape index (κ2) is 7.43. The molecule has 3 aromatic rings. The summed E-state index contributed by atoms with van der Waals surface area (Å²) in [5, 5.41) is 12.0. The van der Waals surface area contributed by atoms with Gasteiger partial charge in [-0.05, 0) is 12.0 Å². The standard InChI is InChI=1S/C17H17N5O3/c23-16(14-15(17(24)25)20-10-19-14)21-13(12-4-2-1-3-5-12)6-8-22-9-7-18-11-22/h1-5,7,9-11,13H,6,8H2,(H,19,20)(H,21,23)(H,24,25)/t13-/m0/s1. The number of rotatable bonds is 7. The van der Waals surface area contributed by atoms with Crippen LogP contribution in [0, 0.1) is 0 Å². The van der Waals surface area contributed by atoms with Crippen molar-refractivity contribution in [3.05, 3.63) is 72.3 Å². The number of amides is 1. The first-order valence-electron chi connectivity index (χ1n) is 7.73. The van der Waals surface area contributed by atoms with Gasteiger partial charge in [0.2, 0.25) is 0 Å². The maximum absolute atomic E-state index is 12.5. The van der Waals surface area contributed by atoms with Crippen LogP contribution in [0.1, 0.15) is 39.0 Å². The van der Waals surface area contributed by atoms with E-state index < -0.39 is 11.9 Å². The number of imidazole rings is 2. The van der Waals surface area contributed by atoms with Crippen LogP contribution in [-0.2, 0) is 6.54 Å². The fourth-order valence-electron chi connectivity index (χ4n) is 2.56. The summed E-state index contributed by atoms with van der Waals surface area (Å²) < 4.78 is 1.92. The van der Waals surface area contributed by atoms with Gasteiger partial charge in [0.15, 0.2) is 11.4 Å². The molecule has 0 spiro atoms. The van der Waals surface area contributed by atoms with Gasteiger partial charge in [-0.15, -0.1) is 0 Å². The highest BCUT2D eigenvalue weighted by atomic mass is 16.4. The Labute approximate surface area is 143 Å². The number of aromatic carboxylic acids is 1. The van der Waals surface area contributed by atoms with E-state index >= 15 is 0 Å². The van der Waals surface area contributed by atoms with Crippen molar-refractivity contribution in [1.82, 2.24) is 24.8 Å². The average molecular weight is 339 g/mol. The molecule has 25 heavy (non-hydrogen) atoms. The van der Waals surface area contributed by atoms with Crippen LogP contribution in [0.25, 0.3) is 0 Å². The van der Waals surface area contributed by atoms with Crippen LogP contribution in [-0.4, -0.2) is 36.5 Å². The molecule has 3 rings (SSSR count). The smallest absolute Gasteiger partial charge is 0.354 e. The van der Waals surface area contributed by atoms with E-state index in [-0.39, 0.29) is 17.4 Å². The fraction of sp³-hybridized carbons (Fsp3) is 0.176. The molecule has 8 nitrogen and oxygen atoms in total. The third-order valence-electron chi connectivity index (χ3n) is 3.81. The molecule has 1 atom stereocenters. The minimum Gasteiger partial charge on any atom is -0.477 e. The molecule has 3 N–H and O–H groups in total. The Bertz CT molecular complexity index is 842. The highest BCUT2D eigenvalue weighted by Gasteiger charge is 2.22. The Balaban J connectivity index is 1.78. The Kier molecular flexibility index (Phi) is 4.89. The maximum atomic E-state index is 12.5. The Morgan fingerprint density at radius 1 is 1.28 bits per heavy atom. The maximum Gasteiger partial charge on any atom is 0.354 e. The molecule has 0 aliphatic carbocycles. The van der Waals surface area contributed by atoms with Crippen LogP contribution < -0.4 is 5.32 Å². The van der Waals surface area contributed by atoms with Crippen LogP contribution in [0.15, 0.2) is 55.4 Å². The lowest BCUT2D eigenvalue weighted by Gasteiger charge is -2.19. The van der Waals surface area contributed by atoms with Gasteiger partial charge < -0.3 is 20.0 Å². The number of hydrogen-bond acceptors (Lipinski definition) is 4. The number of aromatic amines is 1. The monoisotopic (exact) mass is 339 g/mol. The fourth-order valence-corrected chi connectivity index (χ4v) is 2.56. The van der Waals surface area contributed by atoms with Crippen LogP contribution in [0.4, 0.5) is 0 Å². The van der Waals surface area contributed by atoms with Crippen molar-refractivity contribution in [2.45, 2.75) is 19.0 Å². The summed E-state index contributed by atoms with van der Waals surface area (Å²) in [6, 6.07) is 9.23. The Morgan fingerprint density at radius 2 is 2.08 bits per heavy atom.